The molecule has 0 saturated carbocycles. The van der Waals surface area contributed by atoms with Crippen LogP contribution in [-0.4, -0.2) is 38.2 Å². The first-order valence-corrected chi connectivity index (χ1v) is 8.28. The van der Waals surface area contributed by atoms with Gasteiger partial charge in [-0.15, -0.1) is 0 Å². The summed E-state index contributed by atoms with van der Waals surface area (Å²) in [5.41, 5.74) is 2.88. The number of urea groups is 1. The average molecular weight is 341 g/mol. The van der Waals surface area contributed by atoms with Crippen molar-refractivity contribution >= 4 is 11.7 Å². The molecule has 6 heteroatoms. The van der Waals surface area contributed by atoms with Gasteiger partial charge in [0.25, 0.3) is 0 Å². The van der Waals surface area contributed by atoms with Gasteiger partial charge >= 0.3 is 6.03 Å². The number of ether oxygens (including phenoxy) is 2. The number of nitrogens with one attached hydrogen (secondary N) is 2. The van der Waals surface area contributed by atoms with Gasteiger partial charge in [-0.1, -0.05) is 30.3 Å². The van der Waals surface area contributed by atoms with Gasteiger partial charge in [0.2, 0.25) is 0 Å². The molecule has 0 saturated heterocycles. The van der Waals surface area contributed by atoms with Gasteiger partial charge in [-0.3, -0.25) is 0 Å². The molecule has 0 radical (unpaired) electrons. The number of fused-ring (bicyclic) bond motifs is 1. The van der Waals surface area contributed by atoms with Crippen molar-refractivity contribution in [1.29, 1.82) is 0 Å². The fraction of sp³-hybridized carbons (Fsp3) is 0.316. The molecule has 6 nitrogen and oxygen atoms in total. The Balaban J connectivity index is 1.59. The lowest BCUT2D eigenvalue weighted by atomic mass is 10.1. The molecule has 1 aliphatic rings. The Morgan fingerprint density at radius 3 is 2.68 bits per heavy atom. The third-order valence-corrected chi connectivity index (χ3v) is 3.76. The number of benzene rings is 2. The first-order valence-electron chi connectivity index (χ1n) is 8.28. The summed E-state index contributed by atoms with van der Waals surface area (Å²) in [6.45, 7) is 2.32. The van der Waals surface area contributed by atoms with Gasteiger partial charge < -0.3 is 25.0 Å². The van der Waals surface area contributed by atoms with Crippen molar-refractivity contribution in [2.24, 2.45) is 0 Å². The summed E-state index contributed by atoms with van der Waals surface area (Å²) in [5, 5.41) is 5.70. The smallest absolute Gasteiger partial charge is 0.319 e. The average Bonchev–Trinajstić information content (AvgIpc) is 2.60. The summed E-state index contributed by atoms with van der Waals surface area (Å²) in [4.78, 5) is 14.3. The maximum atomic E-state index is 12.2. The highest BCUT2D eigenvalue weighted by atomic mass is 16.6. The molecule has 0 aromatic heterocycles. The number of carbonyl (C=O) groups is 1. The monoisotopic (exact) mass is 341 g/mol. The van der Waals surface area contributed by atoms with Crippen LogP contribution in [0.25, 0.3) is 0 Å². The molecule has 0 bridgehead atoms. The van der Waals surface area contributed by atoms with Crippen molar-refractivity contribution in [2.75, 3.05) is 32.6 Å². The van der Waals surface area contributed by atoms with Gasteiger partial charge in [0.05, 0.1) is 5.69 Å². The number of anilines is 1. The van der Waals surface area contributed by atoms with Crippen LogP contribution >= 0.6 is 0 Å². The second-order valence-corrected chi connectivity index (χ2v) is 6.20. The van der Waals surface area contributed by atoms with Crippen LogP contribution in [0.15, 0.2) is 42.5 Å². The van der Waals surface area contributed by atoms with Crippen molar-refractivity contribution < 1.29 is 14.3 Å². The number of para-hydroxylation sites is 1. The molecule has 2 aromatic rings. The van der Waals surface area contributed by atoms with Crippen LogP contribution in [0.2, 0.25) is 0 Å². The van der Waals surface area contributed by atoms with Gasteiger partial charge in [0.15, 0.2) is 11.5 Å². The summed E-state index contributed by atoms with van der Waals surface area (Å²) in [7, 11) is 4.06. The lowest BCUT2D eigenvalue weighted by Gasteiger charge is -2.21. The van der Waals surface area contributed by atoms with Crippen LogP contribution < -0.4 is 20.1 Å². The summed E-state index contributed by atoms with van der Waals surface area (Å²) < 4.78 is 11.1. The molecule has 0 atom stereocenters. The number of hydrogen-bond donors (Lipinski definition) is 2. The summed E-state index contributed by atoms with van der Waals surface area (Å²) in [6, 6.07) is 13.4. The fourth-order valence-corrected chi connectivity index (χ4v) is 2.72. The Kier molecular flexibility index (Phi) is 5.40. The summed E-state index contributed by atoms with van der Waals surface area (Å²) >= 11 is 0. The summed E-state index contributed by atoms with van der Waals surface area (Å²) in [5.74, 6) is 1.23. The van der Waals surface area contributed by atoms with Crippen molar-refractivity contribution in [3.8, 4) is 11.5 Å². The van der Waals surface area contributed by atoms with E-state index < -0.39 is 0 Å². The Hall–Kier alpha value is -2.73. The zero-order chi connectivity index (χ0) is 17.6. The molecule has 0 unspecified atom stereocenters. The van der Waals surface area contributed by atoms with Gasteiger partial charge in [-0.05, 0) is 37.4 Å². The minimum Gasteiger partial charge on any atom is -0.486 e. The maximum absolute atomic E-state index is 12.2. The Bertz CT molecular complexity index is 746. The van der Waals surface area contributed by atoms with E-state index in [0.717, 1.165) is 12.1 Å². The number of nitrogens with zero attached hydrogens (tertiary/aromatic N) is 1. The van der Waals surface area contributed by atoms with E-state index in [4.69, 9.17) is 9.47 Å². The predicted molar refractivity (Wildman–Crippen MR) is 97.1 cm³/mol. The van der Waals surface area contributed by atoms with E-state index in [1.807, 2.05) is 38.4 Å². The second-order valence-electron chi connectivity index (χ2n) is 6.20. The van der Waals surface area contributed by atoms with Crippen molar-refractivity contribution in [3.63, 3.8) is 0 Å². The van der Waals surface area contributed by atoms with E-state index in [1.165, 1.54) is 5.56 Å². The Morgan fingerprint density at radius 2 is 1.84 bits per heavy atom. The standard InChI is InChI=1S/C19H23N3O3/c1-22(2)13-15-6-3-5-14(11-15)12-20-19(23)21-16-7-4-8-17-18(16)25-10-9-24-17/h3-8,11H,9-10,12-13H2,1-2H3,(H2,20,21,23). The zero-order valence-electron chi connectivity index (χ0n) is 14.5. The van der Waals surface area contributed by atoms with Gasteiger partial charge in [-0.25, -0.2) is 4.79 Å². The molecular formula is C19H23N3O3. The van der Waals surface area contributed by atoms with Crippen LogP contribution in [0.4, 0.5) is 10.5 Å². The number of amides is 2. The van der Waals surface area contributed by atoms with E-state index in [0.29, 0.717) is 36.9 Å². The number of hydrogen-bond acceptors (Lipinski definition) is 4. The molecule has 3 rings (SSSR count). The van der Waals surface area contributed by atoms with E-state index in [-0.39, 0.29) is 6.03 Å². The topological polar surface area (TPSA) is 62.8 Å². The predicted octanol–water partition coefficient (Wildman–Crippen LogP) is 2.84. The van der Waals surface area contributed by atoms with E-state index in [9.17, 15) is 4.79 Å². The molecular weight excluding hydrogens is 318 g/mol. The SMILES string of the molecule is CN(C)Cc1cccc(CNC(=O)Nc2cccc3c2OCCO3)c1. The number of rotatable bonds is 5. The Morgan fingerprint density at radius 1 is 1.08 bits per heavy atom. The molecule has 1 aliphatic heterocycles. The zero-order valence-corrected chi connectivity index (χ0v) is 14.5. The summed E-state index contributed by atoms with van der Waals surface area (Å²) in [6.07, 6.45) is 0. The van der Waals surface area contributed by atoms with Crippen LogP contribution in [0.3, 0.4) is 0 Å². The van der Waals surface area contributed by atoms with E-state index >= 15 is 0 Å². The third kappa shape index (κ3) is 4.64. The van der Waals surface area contributed by atoms with E-state index in [2.05, 4.69) is 27.7 Å². The molecule has 132 valence electrons. The quantitative estimate of drug-likeness (QED) is 0.878. The molecule has 1 heterocycles. The highest BCUT2D eigenvalue weighted by Gasteiger charge is 2.16. The van der Waals surface area contributed by atoms with Crippen LogP contribution in [0.1, 0.15) is 11.1 Å². The van der Waals surface area contributed by atoms with Crippen molar-refractivity contribution in [1.82, 2.24) is 10.2 Å². The van der Waals surface area contributed by atoms with Crippen LogP contribution in [0.5, 0.6) is 11.5 Å². The minimum atomic E-state index is -0.277. The highest BCUT2D eigenvalue weighted by molar-refractivity contribution is 5.91. The molecule has 0 spiro atoms. The van der Waals surface area contributed by atoms with Crippen LogP contribution in [-0.2, 0) is 13.1 Å². The fourth-order valence-electron chi connectivity index (χ4n) is 2.72. The molecule has 25 heavy (non-hydrogen) atoms. The number of carbonyl (C=O) groups excluding carboxylic acids is 1. The van der Waals surface area contributed by atoms with Crippen molar-refractivity contribution in [2.45, 2.75) is 13.1 Å². The lowest BCUT2D eigenvalue weighted by molar-refractivity contribution is 0.172. The van der Waals surface area contributed by atoms with Crippen LogP contribution in [0, 0.1) is 0 Å². The van der Waals surface area contributed by atoms with Crippen molar-refractivity contribution in [3.05, 3.63) is 53.6 Å². The maximum Gasteiger partial charge on any atom is 0.319 e. The molecule has 2 amide bonds. The first-order chi connectivity index (χ1) is 12.1. The normalized spacial score (nSPS) is 12.8. The van der Waals surface area contributed by atoms with Gasteiger partial charge in [0.1, 0.15) is 13.2 Å². The first kappa shape index (κ1) is 17.1. The lowest BCUT2D eigenvalue weighted by Crippen LogP contribution is -2.29. The molecule has 2 aromatic carbocycles. The minimum absolute atomic E-state index is 0.277. The largest absolute Gasteiger partial charge is 0.486 e. The van der Waals surface area contributed by atoms with Gasteiger partial charge in [-0.2, -0.15) is 0 Å². The molecule has 2 N–H and O–H groups in total. The Labute approximate surface area is 147 Å². The highest BCUT2D eigenvalue weighted by Crippen LogP contribution is 2.37. The van der Waals surface area contributed by atoms with E-state index in [1.54, 1.807) is 6.07 Å². The molecule has 0 aliphatic carbocycles. The van der Waals surface area contributed by atoms with Gasteiger partial charge in [0, 0.05) is 13.1 Å². The molecule has 0 fully saturated rings. The third-order valence-electron chi connectivity index (χ3n) is 3.76. The second kappa shape index (κ2) is 7.90.